The maximum Gasteiger partial charge on any atom is 0.227 e. The fraction of sp³-hybridized carbons (Fsp3) is 0.529. The third-order valence-corrected chi connectivity index (χ3v) is 4.42. The lowest BCUT2D eigenvalue weighted by Gasteiger charge is -2.22. The molecule has 22 heavy (non-hydrogen) atoms. The first kappa shape index (κ1) is 15.0. The van der Waals surface area contributed by atoms with Crippen molar-refractivity contribution in [3.8, 4) is 0 Å². The lowest BCUT2D eigenvalue weighted by atomic mass is 10.1. The highest BCUT2D eigenvalue weighted by atomic mass is 19.1. The Bertz CT molecular complexity index is 572. The molecule has 118 valence electrons. The number of halogens is 1. The second kappa shape index (κ2) is 6.46. The van der Waals surface area contributed by atoms with Crippen molar-refractivity contribution in [3.05, 3.63) is 35.6 Å². The largest absolute Gasteiger partial charge is 0.341 e. The molecule has 1 saturated heterocycles. The van der Waals surface area contributed by atoms with Crippen molar-refractivity contribution in [2.24, 2.45) is 5.92 Å². The van der Waals surface area contributed by atoms with Crippen LogP contribution in [0.15, 0.2) is 24.3 Å². The molecule has 3 rings (SSSR count). The van der Waals surface area contributed by atoms with Gasteiger partial charge < -0.3 is 9.80 Å². The smallest absolute Gasteiger partial charge is 0.227 e. The van der Waals surface area contributed by atoms with Gasteiger partial charge in [-0.25, -0.2) is 4.39 Å². The summed E-state index contributed by atoms with van der Waals surface area (Å²) in [7, 11) is 0. The van der Waals surface area contributed by atoms with Crippen molar-refractivity contribution in [1.82, 2.24) is 9.80 Å². The van der Waals surface area contributed by atoms with E-state index >= 15 is 0 Å². The van der Waals surface area contributed by atoms with Gasteiger partial charge in [0.05, 0.1) is 6.42 Å². The molecule has 0 aromatic heterocycles. The molecule has 0 bridgehead atoms. The zero-order valence-electron chi connectivity index (χ0n) is 12.6. The normalized spacial score (nSPS) is 19.2. The molecule has 1 aromatic carbocycles. The first-order valence-corrected chi connectivity index (χ1v) is 7.92. The van der Waals surface area contributed by atoms with E-state index in [0.29, 0.717) is 37.5 Å². The van der Waals surface area contributed by atoms with Crippen LogP contribution in [0.1, 0.15) is 24.8 Å². The molecule has 2 fully saturated rings. The average molecular weight is 304 g/mol. The third-order valence-electron chi connectivity index (χ3n) is 4.42. The SMILES string of the molecule is O=C(Cc1ccccc1F)N1CCC(=O)N(CC2CC2)CC1. The van der Waals surface area contributed by atoms with E-state index in [0.717, 1.165) is 6.54 Å². The predicted octanol–water partition coefficient (Wildman–Crippen LogP) is 1.84. The molecule has 0 radical (unpaired) electrons. The zero-order valence-corrected chi connectivity index (χ0v) is 12.6. The lowest BCUT2D eigenvalue weighted by Crippen LogP contribution is -2.37. The Morgan fingerprint density at radius 2 is 1.95 bits per heavy atom. The minimum atomic E-state index is -0.350. The summed E-state index contributed by atoms with van der Waals surface area (Å²) in [4.78, 5) is 28.0. The maximum absolute atomic E-state index is 13.6. The Kier molecular flexibility index (Phi) is 4.41. The summed E-state index contributed by atoms with van der Waals surface area (Å²) < 4.78 is 13.6. The van der Waals surface area contributed by atoms with Gasteiger partial charge in [0.15, 0.2) is 0 Å². The fourth-order valence-electron chi connectivity index (χ4n) is 2.84. The first-order valence-electron chi connectivity index (χ1n) is 7.92. The van der Waals surface area contributed by atoms with Gasteiger partial charge in [0.2, 0.25) is 11.8 Å². The monoisotopic (exact) mass is 304 g/mol. The molecular weight excluding hydrogens is 283 g/mol. The Balaban J connectivity index is 1.58. The highest BCUT2D eigenvalue weighted by molar-refractivity contribution is 5.81. The van der Waals surface area contributed by atoms with E-state index in [4.69, 9.17) is 0 Å². The van der Waals surface area contributed by atoms with Crippen LogP contribution in [0.5, 0.6) is 0 Å². The van der Waals surface area contributed by atoms with Crippen LogP contribution >= 0.6 is 0 Å². The van der Waals surface area contributed by atoms with Gasteiger partial charge in [0, 0.05) is 32.6 Å². The maximum atomic E-state index is 13.6. The van der Waals surface area contributed by atoms with Crippen LogP contribution in [0.4, 0.5) is 4.39 Å². The number of carbonyl (C=O) groups is 2. The van der Waals surface area contributed by atoms with Gasteiger partial charge in [-0.15, -0.1) is 0 Å². The molecule has 0 unspecified atom stereocenters. The molecule has 1 aliphatic carbocycles. The van der Waals surface area contributed by atoms with Crippen molar-refractivity contribution >= 4 is 11.8 Å². The van der Waals surface area contributed by atoms with Crippen molar-refractivity contribution in [2.45, 2.75) is 25.7 Å². The molecule has 4 nitrogen and oxygen atoms in total. The predicted molar refractivity (Wildman–Crippen MR) is 80.6 cm³/mol. The van der Waals surface area contributed by atoms with Crippen LogP contribution in [0.3, 0.4) is 0 Å². The summed E-state index contributed by atoms with van der Waals surface area (Å²) in [5.74, 6) is 0.334. The second-order valence-corrected chi connectivity index (χ2v) is 6.18. The van der Waals surface area contributed by atoms with Crippen LogP contribution < -0.4 is 0 Å². The molecule has 0 N–H and O–H groups in total. The minimum Gasteiger partial charge on any atom is -0.341 e. The zero-order chi connectivity index (χ0) is 15.5. The summed E-state index contributed by atoms with van der Waals surface area (Å²) in [5, 5.41) is 0. The van der Waals surface area contributed by atoms with Gasteiger partial charge in [0.1, 0.15) is 5.82 Å². The van der Waals surface area contributed by atoms with Gasteiger partial charge in [-0.3, -0.25) is 9.59 Å². The molecule has 0 atom stereocenters. The summed E-state index contributed by atoms with van der Waals surface area (Å²) in [6, 6.07) is 6.35. The topological polar surface area (TPSA) is 40.6 Å². The van der Waals surface area contributed by atoms with Gasteiger partial charge >= 0.3 is 0 Å². The Hall–Kier alpha value is -1.91. The van der Waals surface area contributed by atoms with Gasteiger partial charge in [-0.1, -0.05) is 18.2 Å². The molecule has 0 spiro atoms. The first-order chi connectivity index (χ1) is 10.6. The van der Waals surface area contributed by atoms with Crippen molar-refractivity contribution < 1.29 is 14.0 Å². The standard InChI is InChI=1S/C17H21FN2O2/c18-15-4-2-1-3-14(15)11-17(22)19-8-7-16(21)20(10-9-19)12-13-5-6-13/h1-4,13H,5-12H2. The molecule has 2 amide bonds. The minimum absolute atomic E-state index is 0.0590. The molecule has 1 saturated carbocycles. The van der Waals surface area contributed by atoms with Gasteiger partial charge in [0.25, 0.3) is 0 Å². The van der Waals surface area contributed by atoms with Gasteiger partial charge in [-0.2, -0.15) is 0 Å². The Morgan fingerprint density at radius 3 is 2.68 bits per heavy atom. The average Bonchev–Trinajstić information content (AvgIpc) is 3.32. The molecule has 1 aliphatic heterocycles. The summed E-state index contributed by atoms with van der Waals surface area (Å²) in [6.07, 6.45) is 2.85. The van der Waals surface area contributed by atoms with E-state index in [1.165, 1.54) is 18.9 Å². The van der Waals surface area contributed by atoms with Crippen LogP contribution in [0, 0.1) is 11.7 Å². The van der Waals surface area contributed by atoms with Crippen LogP contribution in [-0.2, 0) is 16.0 Å². The van der Waals surface area contributed by atoms with Crippen molar-refractivity contribution in [1.29, 1.82) is 0 Å². The van der Waals surface area contributed by atoms with Crippen molar-refractivity contribution in [3.63, 3.8) is 0 Å². The molecule has 1 heterocycles. The van der Waals surface area contributed by atoms with E-state index in [-0.39, 0.29) is 24.1 Å². The number of nitrogens with zero attached hydrogens (tertiary/aromatic N) is 2. The number of hydrogen-bond donors (Lipinski definition) is 0. The summed E-state index contributed by atoms with van der Waals surface area (Å²) >= 11 is 0. The lowest BCUT2D eigenvalue weighted by molar-refractivity contribution is -0.130. The Labute approximate surface area is 129 Å². The van der Waals surface area contributed by atoms with Gasteiger partial charge in [-0.05, 0) is 30.4 Å². The van der Waals surface area contributed by atoms with E-state index in [1.54, 1.807) is 23.1 Å². The summed E-state index contributed by atoms with van der Waals surface area (Å²) in [6.45, 7) is 2.41. The van der Waals surface area contributed by atoms with E-state index < -0.39 is 0 Å². The number of benzene rings is 1. The number of hydrogen-bond acceptors (Lipinski definition) is 2. The molecular formula is C17H21FN2O2. The molecule has 1 aromatic rings. The van der Waals surface area contributed by atoms with Crippen LogP contribution in [-0.4, -0.2) is 47.8 Å². The van der Waals surface area contributed by atoms with Crippen LogP contribution in [0.2, 0.25) is 0 Å². The van der Waals surface area contributed by atoms with Crippen molar-refractivity contribution in [2.75, 3.05) is 26.2 Å². The number of carbonyl (C=O) groups excluding carboxylic acids is 2. The molecule has 2 aliphatic rings. The third kappa shape index (κ3) is 3.64. The van der Waals surface area contributed by atoms with E-state index in [9.17, 15) is 14.0 Å². The summed E-state index contributed by atoms with van der Waals surface area (Å²) in [5.41, 5.74) is 0.415. The molecule has 5 heteroatoms. The van der Waals surface area contributed by atoms with E-state index in [2.05, 4.69) is 0 Å². The number of rotatable bonds is 4. The second-order valence-electron chi connectivity index (χ2n) is 6.18. The Morgan fingerprint density at radius 1 is 1.18 bits per heavy atom. The fourth-order valence-corrected chi connectivity index (χ4v) is 2.84. The van der Waals surface area contributed by atoms with Crippen LogP contribution in [0.25, 0.3) is 0 Å². The highest BCUT2D eigenvalue weighted by Gasteiger charge is 2.29. The quantitative estimate of drug-likeness (QED) is 0.851. The highest BCUT2D eigenvalue weighted by Crippen LogP contribution is 2.30. The van der Waals surface area contributed by atoms with E-state index in [1.807, 2.05) is 4.90 Å². The number of amides is 2.